The maximum Gasteiger partial charge on any atom is 0.224 e. The van der Waals surface area contributed by atoms with Gasteiger partial charge in [-0.15, -0.1) is 0 Å². The van der Waals surface area contributed by atoms with E-state index < -0.39 is 0 Å². The number of hydrogen-bond donors (Lipinski definition) is 2. The quantitative estimate of drug-likeness (QED) is 0.810. The van der Waals surface area contributed by atoms with Gasteiger partial charge in [-0.1, -0.05) is 31.0 Å². The molecule has 1 aromatic heterocycles. The monoisotopic (exact) mass is 326 g/mol. The number of methoxy groups -OCH3 is 1. The van der Waals surface area contributed by atoms with E-state index in [0.717, 1.165) is 30.2 Å². The lowest BCUT2D eigenvalue weighted by Gasteiger charge is -2.14. The topological polar surface area (TPSA) is 59.1 Å². The molecule has 1 aliphatic rings. The van der Waals surface area contributed by atoms with E-state index in [1.807, 2.05) is 31.2 Å². The molecule has 1 fully saturated rings. The number of aryl methyl sites for hydroxylation is 1. The number of aromatic nitrogens is 2. The molecule has 5 nitrogen and oxygen atoms in total. The fraction of sp³-hybridized carbons (Fsp3) is 0.474. The van der Waals surface area contributed by atoms with Crippen LogP contribution in [0.3, 0.4) is 0 Å². The molecule has 5 heteroatoms. The number of ether oxygens (including phenoxy) is 1. The normalized spacial score (nSPS) is 14.6. The molecule has 0 amide bonds. The molecule has 128 valence electrons. The van der Waals surface area contributed by atoms with Crippen LogP contribution in [-0.4, -0.2) is 29.7 Å². The number of benzene rings is 1. The van der Waals surface area contributed by atoms with Gasteiger partial charge < -0.3 is 15.4 Å². The number of anilines is 2. The molecule has 0 aliphatic heterocycles. The van der Waals surface area contributed by atoms with E-state index in [1.165, 1.54) is 31.2 Å². The Morgan fingerprint density at radius 1 is 1.17 bits per heavy atom. The molecule has 0 saturated heterocycles. The van der Waals surface area contributed by atoms with Gasteiger partial charge in [-0.2, -0.15) is 4.98 Å². The first kappa shape index (κ1) is 16.6. The first-order valence-electron chi connectivity index (χ1n) is 8.72. The number of rotatable bonds is 7. The zero-order valence-corrected chi connectivity index (χ0v) is 14.5. The summed E-state index contributed by atoms with van der Waals surface area (Å²) in [6.07, 6.45) is 5.96. The zero-order chi connectivity index (χ0) is 16.8. The minimum atomic E-state index is 0.556. The molecule has 1 aromatic carbocycles. The number of para-hydroxylation sites is 1. The van der Waals surface area contributed by atoms with Crippen molar-refractivity contribution in [2.24, 2.45) is 0 Å². The molecule has 0 unspecified atom stereocenters. The van der Waals surface area contributed by atoms with Gasteiger partial charge in [0.25, 0.3) is 0 Å². The van der Waals surface area contributed by atoms with Gasteiger partial charge in [0.2, 0.25) is 5.95 Å². The van der Waals surface area contributed by atoms with Crippen LogP contribution in [-0.2, 0) is 6.42 Å². The molecule has 1 heterocycles. The Bertz CT molecular complexity index is 668. The average molecular weight is 326 g/mol. The van der Waals surface area contributed by atoms with Gasteiger partial charge in [0, 0.05) is 24.3 Å². The van der Waals surface area contributed by atoms with Crippen molar-refractivity contribution in [1.82, 2.24) is 9.97 Å². The van der Waals surface area contributed by atoms with Crippen LogP contribution in [0.5, 0.6) is 5.75 Å². The summed E-state index contributed by atoms with van der Waals surface area (Å²) in [5.41, 5.74) is 2.16. The van der Waals surface area contributed by atoms with Crippen molar-refractivity contribution < 1.29 is 4.74 Å². The highest BCUT2D eigenvalue weighted by Gasteiger charge is 2.15. The fourth-order valence-corrected chi connectivity index (χ4v) is 3.22. The van der Waals surface area contributed by atoms with Gasteiger partial charge in [0.15, 0.2) is 0 Å². The van der Waals surface area contributed by atoms with Crippen LogP contribution in [0.4, 0.5) is 11.8 Å². The summed E-state index contributed by atoms with van der Waals surface area (Å²) in [7, 11) is 1.71. The third-order valence-electron chi connectivity index (χ3n) is 4.43. The summed E-state index contributed by atoms with van der Waals surface area (Å²) >= 11 is 0. The number of hydrogen-bond acceptors (Lipinski definition) is 5. The van der Waals surface area contributed by atoms with Crippen LogP contribution in [0.25, 0.3) is 0 Å². The van der Waals surface area contributed by atoms with Crippen LogP contribution in [0.2, 0.25) is 0 Å². The molecule has 24 heavy (non-hydrogen) atoms. The molecule has 0 spiro atoms. The Morgan fingerprint density at radius 3 is 2.75 bits per heavy atom. The number of nitrogens with one attached hydrogen (secondary N) is 2. The third-order valence-corrected chi connectivity index (χ3v) is 4.43. The molecular weight excluding hydrogens is 300 g/mol. The van der Waals surface area contributed by atoms with Gasteiger partial charge >= 0.3 is 0 Å². The van der Waals surface area contributed by atoms with Gasteiger partial charge in [0.1, 0.15) is 11.6 Å². The zero-order valence-electron chi connectivity index (χ0n) is 14.5. The summed E-state index contributed by atoms with van der Waals surface area (Å²) in [6, 6.07) is 10.7. The van der Waals surface area contributed by atoms with Gasteiger partial charge in [-0.25, -0.2) is 4.98 Å². The second-order valence-electron chi connectivity index (χ2n) is 6.33. The Morgan fingerprint density at radius 2 is 1.96 bits per heavy atom. The molecular formula is C19H26N4O. The Hall–Kier alpha value is -2.30. The van der Waals surface area contributed by atoms with Crippen LogP contribution >= 0.6 is 0 Å². The average Bonchev–Trinajstić information content (AvgIpc) is 3.08. The van der Waals surface area contributed by atoms with Gasteiger partial charge in [0.05, 0.1) is 7.11 Å². The summed E-state index contributed by atoms with van der Waals surface area (Å²) in [5.74, 6) is 2.53. The van der Waals surface area contributed by atoms with Crippen LogP contribution in [0.1, 0.15) is 36.9 Å². The number of nitrogens with zero attached hydrogens (tertiary/aromatic N) is 2. The van der Waals surface area contributed by atoms with Crippen molar-refractivity contribution in [3.8, 4) is 5.75 Å². The van der Waals surface area contributed by atoms with E-state index >= 15 is 0 Å². The molecule has 1 aliphatic carbocycles. The smallest absolute Gasteiger partial charge is 0.224 e. The van der Waals surface area contributed by atoms with E-state index in [-0.39, 0.29) is 0 Å². The molecule has 0 radical (unpaired) electrons. The summed E-state index contributed by atoms with van der Waals surface area (Å²) in [4.78, 5) is 9.09. The highest BCUT2D eigenvalue weighted by Crippen LogP contribution is 2.22. The first-order valence-corrected chi connectivity index (χ1v) is 8.72. The Kier molecular flexibility index (Phi) is 5.51. The van der Waals surface area contributed by atoms with Crippen molar-refractivity contribution in [3.63, 3.8) is 0 Å². The summed E-state index contributed by atoms with van der Waals surface area (Å²) in [6.45, 7) is 2.78. The summed E-state index contributed by atoms with van der Waals surface area (Å²) < 4.78 is 5.39. The van der Waals surface area contributed by atoms with Crippen molar-refractivity contribution >= 4 is 11.8 Å². The molecule has 2 N–H and O–H groups in total. The standard InChI is InChI=1S/C19H26N4O/c1-14-13-18(22-16-8-4-5-9-16)23-19(21-14)20-12-11-15-7-3-6-10-17(15)24-2/h3,6-7,10,13,16H,4-5,8-9,11-12H2,1-2H3,(H2,20,21,22,23). The molecule has 3 rings (SSSR count). The molecule has 1 saturated carbocycles. The lowest BCUT2D eigenvalue weighted by atomic mass is 10.1. The second-order valence-corrected chi connectivity index (χ2v) is 6.33. The SMILES string of the molecule is COc1ccccc1CCNc1nc(C)cc(NC2CCCC2)n1. The Labute approximate surface area is 143 Å². The summed E-state index contributed by atoms with van der Waals surface area (Å²) in [5, 5.41) is 6.87. The highest BCUT2D eigenvalue weighted by atomic mass is 16.5. The van der Waals surface area contributed by atoms with Crippen molar-refractivity contribution in [3.05, 3.63) is 41.6 Å². The Balaban J connectivity index is 1.59. The third kappa shape index (κ3) is 4.37. The van der Waals surface area contributed by atoms with Gasteiger partial charge in [-0.3, -0.25) is 0 Å². The second kappa shape index (κ2) is 7.99. The van der Waals surface area contributed by atoms with E-state index in [1.54, 1.807) is 7.11 Å². The molecule has 2 aromatic rings. The van der Waals surface area contributed by atoms with Crippen LogP contribution in [0, 0.1) is 6.92 Å². The molecule has 0 bridgehead atoms. The fourth-order valence-electron chi connectivity index (χ4n) is 3.22. The predicted octanol–water partition coefficient (Wildman–Crippen LogP) is 3.80. The van der Waals surface area contributed by atoms with Crippen molar-refractivity contribution in [2.75, 3.05) is 24.3 Å². The maximum absolute atomic E-state index is 5.39. The molecule has 0 atom stereocenters. The lowest BCUT2D eigenvalue weighted by Crippen LogP contribution is -2.17. The minimum Gasteiger partial charge on any atom is -0.496 e. The van der Waals surface area contributed by atoms with Crippen LogP contribution < -0.4 is 15.4 Å². The minimum absolute atomic E-state index is 0.556. The van der Waals surface area contributed by atoms with E-state index in [0.29, 0.717) is 12.0 Å². The van der Waals surface area contributed by atoms with Crippen molar-refractivity contribution in [2.45, 2.75) is 45.1 Å². The van der Waals surface area contributed by atoms with E-state index in [2.05, 4.69) is 26.7 Å². The van der Waals surface area contributed by atoms with Crippen molar-refractivity contribution in [1.29, 1.82) is 0 Å². The van der Waals surface area contributed by atoms with Crippen LogP contribution in [0.15, 0.2) is 30.3 Å². The largest absolute Gasteiger partial charge is 0.496 e. The predicted molar refractivity (Wildman–Crippen MR) is 97.8 cm³/mol. The maximum atomic E-state index is 5.39. The van der Waals surface area contributed by atoms with E-state index in [4.69, 9.17) is 4.74 Å². The lowest BCUT2D eigenvalue weighted by molar-refractivity contribution is 0.410. The highest BCUT2D eigenvalue weighted by molar-refractivity contribution is 5.43. The first-order chi connectivity index (χ1) is 11.7. The van der Waals surface area contributed by atoms with E-state index in [9.17, 15) is 0 Å². The van der Waals surface area contributed by atoms with Gasteiger partial charge in [-0.05, 0) is 37.8 Å².